The molecule has 1 amide bonds. The van der Waals surface area contributed by atoms with E-state index in [2.05, 4.69) is 52.2 Å². The summed E-state index contributed by atoms with van der Waals surface area (Å²) in [6.45, 7) is 10.2. The van der Waals surface area contributed by atoms with Gasteiger partial charge in [-0.2, -0.15) is 0 Å². The molecule has 3 heterocycles. The summed E-state index contributed by atoms with van der Waals surface area (Å²) >= 11 is 0. The van der Waals surface area contributed by atoms with Gasteiger partial charge < -0.3 is 15.1 Å². The number of benzene rings is 1. The third-order valence-electron chi connectivity index (χ3n) is 6.88. The smallest absolute Gasteiger partial charge is 0.224 e. The highest BCUT2D eigenvalue weighted by Gasteiger charge is 2.40. The molecule has 1 aromatic carbocycles. The summed E-state index contributed by atoms with van der Waals surface area (Å²) in [4.78, 5) is 26.1. The number of amides is 1. The van der Waals surface area contributed by atoms with E-state index in [1.165, 1.54) is 36.9 Å². The van der Waals surface area contributed by atoms with Crippen molar-refractivity contribution in [2.24, 2.45) is 5.92 Å². The molecule has 6 nitrogen and oxygen atoms in total. The van der Waals surface area contributed by atoms with Crippen LogP contribution in [0.1, 0.15) is 70.2 Å². The van der Waals surface area contributed by atoms with E-state index in [0.29, 0.717) is 0 Å². The van der Waals surface area contributed by atoms with Gasteiger partial charge in [0.2, 0.25) is 5.91 Å². The summed E-state index contributed by atoms with van der Waals surface area (Å²) in [6.07, 6.45) is 9.61. The van der Waals surface area contributed by atoms with Crippen LogP contribution in [0, 0.1) is 12.8 Å². The average Bonchev–Trinajstić information content (AvgIpc) is 3.05. The quantitative estimate of drug-likeness (QED) is 0.744. The molecule has 0 saturated carbocycles. The minimum absolute atomic E-state index is 0.0690. The first-order valence-electron chi connectivity index (χ1n) is 11.7. The second kappa shape index (κ2) is 9.25. The Kier molecular flexibility index (Phi) is 6.44. The summed E-state index contributed by atoms with van der Waals surface area (Å²) < 4.78 is 0. The van der Waals surface area contributed by atoms with Gasteiger partial charge in [0.15, 0.2) is 0 Å². The predicted molar refractivity (Wildman–Crippen MR) is 127 cm³/mol. The molecule has 0 spiro atoms. The van der Waals surface area contributed by atoms with E-state index in [0.717, 1.165) is 36.7 Å². The summed E-state index contributed by atoms with van der Waals surface area (Å²) in [5.41, 5.74) is 4.36. The fraction of sp³-hybridized carbons (Fsp3) is 0.560. The van der Waals surface area contributed by atoms with Crippen molar-refractivity contribution in [3.63, 3.8) is 0 Å². The minimum Gasteiger partial charge on any atom is -0.372 e. The predicted octanol–water partition coefficient (Wildman–Crippen LogP) is 5.10. The third kappa shape index (κ3) is 4.39. The third-order valence-corrected chi connectivity index (χ3v) is 6.88. The number of hydrogen-bond donors (Lipinski definition) is 1. The second-order valence-corrected chi connectivity index (χ2v) is 9.03. The number of nitrogens with zero attached hydrogens (tertiary/aromatic N) is 4. The summed E-state index contributed by atoms with van der Waals surface area (Å²) in [5, 5.41) is 3.65. The Bertz CT molecular complexity index is 905. The molecular formula is C25H35N5O. The normalized spacial score (nSPS) is 23.8. The van der Waals surface area contributed by atoms with Crippen molar-refractivity contribution in [3.8, 4) is 0 Å². The average molecular weight is 422 g/mol. The molecule has 31 heavy (non-hydrogen) atoms. The number of nitrogens with one attached hydrogen (secondary N) is 1. The molecule has 2 aliphatic rings. The van der Waals surface area contributed by atoms with E-state index >= 15 is 0 Å². The lowest BCUT2D eigenvalue weighted by atomic mass is 9.80. The highest BCUT2D eigenvalue weighted by Crippen LogP contribution is 2.44. The first-order chi connectivity index (χ1) is 15.0. The van der Waals surface area contributed by atoms with Crippen molar-refractivity contribution >= 4 is 23.1 Å². The number of carbonyl (C=O) groups excluding carboxylic acids is 1. The number of aryl methyl sites for hydroxylation is 1. The van der Waals surface area contributed by atoms with Crippen LogP contribution in [0.4, 0.5) is 17.2 Å². The summed E-state index contributed by atoms with van der Waals surface area (Å²) in [6, 6.07) is 6.87. The van der Waals surface area contributed by atoms with Gasteiger partial charge in [0.05, 0.1) is 24.1 Å². The molecule has 0 bridgehead atoms. The van der Waals surface area contributed by atoms with Crippen molar-refractivity contribution in [1.29, 1.82) is 0 Å². The Labute approximate surface area is 186 Å². The maximum absolute atomic E-state index is 12.7. The van der Waals surface area contributed by atoms with Gasteiger partial charge in [-0.3, -0.25) is 9.78 Å². The first kappa shape index (κ1) is 21.6. The molecule has 1 fully saturated rings. The maximum atomic E-state index is 12.7. The lowest BCUT2D eigenvalue weighted by Crippen LogP contribution is -2.49. The number of carbonyl (C=O) groups is 1. The molecule has 2 aromatic rings. The Morgan fingerprint density at radius 1 is 1.13 bits per heavy atom. The second-order valence-electron chi connectivity index (χ2n) is 9.03. The van der Waals surface area contributed by atoms with Crippen molar-refractivity contribution in [1.82, 2.24) is 9.97 Å². The molecular weight excluding hydrogens is 386 g/mol. The zero-order valence-electron chi connectivity index (χ0n) is 19.3. The number of anilines is 3. The fourth-order valence-corrected chi connectivity index (χ4v) is 5.25. The Morgan fingerprint density at radius 3 is 2.48 bits per heavy atom. The van der Waals surface area contributed by atoms with Crippen LogP contribution in [0.5, 0.6) is 0 Å². The Balaban J connectivity index is 1.76. The molecule has 1 saturated heterocycles. The van der Waals surface area contributed by atoms with Gasteiger partial charge in [-0.15, -0.1) is 0 Å². The van der Waals surface area contributed by atoms with E-state index in [1.807, 2.05) is 11.8 Å². The number of rotatable bonds is 4. The van der Waals surface area contributed by atoms with Gasteiger partial charge in [0, 0.05) is 48.9 Å². The Hall–Kier alpha value is -2.63. The highest BCUT2D eigenvalue weighted by atomic mass is 16.2. The van der Waals surface area contributed by atoms with Gasteiger partial charge in [0.25, 0.3) is 0 Å². The largest absolute Gasteiger partial charge is 0.372 e. The van der Waals surface area contributed by atoms with Gasteiger partial charge in [-0.05, 0) is 44.4 Å². The molecule has 6 heteroatoms. The van der Waals surface area contributed by atoms with Crippen molar-refractivity contribution < 1.29 is 4.79 Å². The van der Waals surface area contributed by atoms with Gasteiger partial charge in [0.1, 0.15) is 5.82 Å². The van der Waals surface area contributed by atoms with Gasteiger partial charge >= 0.3 is 0 Å². The van der Waals surface area contributed by atoms with Crippen LogP contribution < -0.4 is 15.1 Å². The van der Waals surface area contributed by atoms with Crippen LogP contribution in [-0.2, 0) is 4.79 Å². The Morgan fingerprint density at radius 2 is 1.87 bits per heavy atom. The molecule has 0 unspecified atom stereocenters. The topological polar surface area (TPSA) is 61.4 Å². The van der Waals surface area contributed by atoms with Gasteiger partial charge in [-0.1, -0.05) is 26.7 Å². The minimum atomic E-state index is 0.0690. The van der Waals surface area contributed by atoms with E-state index < -0.39 is 0 Å². The summed E-state index contributed by atoms with van der Waals surface area (Å²) in [5.74, 6) is 1.12. The zero-order chi connectivity index (χ0) is 22.0. The van der Waals surface area contributed by atoms with Crippen molar-refractivity contribution in [2.75, 3.05) is 28.2 Å². The van der Waals surface area contributed by atoms with Crippen LogP contribution in [0.2, 0.25) is 0 Å². The van der Waals surface area contributed by atoms with E-state index in [9.17, 15) is 4.79 Å². The SMILES string of the molecule is CC[C@H]1[C@H](C)[C@@H](Nc2cnc(C)cn2)c2cc(N3CCCCCC3)ccc2N1C(C)=O. The summed E-state index contributed by atoms with van der Waals surface area (Å²) in [7, 11) is 0. The monoisotopic (exact) mass is 421 g/mol. The molecule has 0 radical (unpaired) electrons. The van der Waals surface area contributed by atoms with E-state index in [4.69, 9.17) is 0 Å². The van der Waals surface area contributed by atoms with Crippen LogP contribution in [0.15, 0.2) is 30.6 Å². The molecule has 1 N–H and O–H groups in total. The number of fused-ring (bicyclic) bond motifs is 1. The highest BCUT2D eigenvalue weighted by molar-refractivity contribution is 5.94. The number of hydrogen-bond acceptors (Lipinski definition) is 5. The van der Waals surface area contributed by atoms with Crippen LogP contribution in [-0.4, -0.2) is 35.0 Å². The van der Waals surface area contributed by atoms with E-state index in [-0.39, 0.29) is 23.9 Å². The first-order valence-corrected chi connectivity index (χ1v) is 11.7. The standard InChI is InChI=1S/C25H35N5O/c1-5-22-18(3)25(28-24-16-26-17(2)15-27-24)21-14-20(29-12-8-6-7-9-13-29)10-11-23(21)30(22)19(4)31/h10-11,14-16,18,22,25H,5-9,12-13H2,1-4H3,(H,27,28)/t18-,22-,25+/m0/s1. The van der Waals surface area contributed by atoms with Crippen LogP contribution >= 0.6 is 0 Å². The van der Waals surface area contributed by atoms with Crippen molar-refractivity contribution in [2.45, 2.75) is 71.9 Å². The molecule has 3 atom stereocenters. The van der Waals surface area contributed by atoms with Crippen LogP contribution in [0.3, 0.4) is 0 Å². The molecule has 0 aliphatic carbocycles. The van der Waals surface area contributed by atoms with Crippen LogP contribution in [0.25, 0.3) is 0 Å². The molecule has 1 aromatic heterocycles. The van der Waals surface area contributed by atoms with Crippen molar-refractivity contribution in [3.05, 3.63) is 41.9 Å². The maximum Gasteiger partial charge on any atom is 0.224 e. The zero-order valence-corrected chi connectivity index (χ0v) is 19.3. The number of aromatic nitrogens is 2. The molecule has 2 aliphatic heterocycles. The van der Waals surface area contributed by atoms with E-state index in [1.54, 1.807) is 19.3 Å². The fourth-order valence-electron chi connectivity index (χ4n) is 5.25. The molecule has 4 rings (SSSR count). The lowest BCUT2D eigenvalue weighted by Gasteiger charge is -2.45. The van der Waals surface area contributed by atoms with Gasteiger partial charge in [-0.25, -0.2) is 4.98 Å². The lowest BCUT2D eigenvalue weighted by molar-refractivity contribution is -0.117. The molecule has 166 valence electrons.